The Morgan fingerprint density at radius 3 is 3.08 bits per heavy atom. The van der Waals surface area contributed by atoms with E-state index in [0.29, 0.717) is 5.92 Å². The summed E-state index contributed by atoms with van der Waals surface area (Å²) >= 11 is 0. The molecular formula is C11H13N. The summed E-state index contributed by atoms with van der Waals surface area (Å²) in [6.45, 7) is 0. The summed E-state index contributed by atoms with van der Waals surface area (Å²) in [4.78, 5) is 4.13. The summed E-state index contributed by atoms with van der Waals surface area (Å²) in [6, 6.07) is 4.17. The molecule has 1 aromatic rings. The first-order valence-corrected chi connectivity index (χ1v) is 4.53. The van der Waals surface area contributed by atoms with Gasteiger partial charge in [0, 0.05) is 18.3 Å². The third kappa shape index (κ3) is 1.55. The van der Waals surface area contributed by atoms with E-state index in [1.54, 1.807) is 0 Å². The number of rotatable bonds is 1. The largest absolute Gasteiger partial charge is 0.264 e. The zero-order valence-electron chi connectivity index (χ0n) is 7.11. The van der Waals surface area contributed by atoms with Crippen LogP contribution in [0.15, 0.2) is 36.7 Å². The van der Waals surface area contributed by atoms with Gasteiger partial charge in [-0.2, -0.15) is 0 Å². The molecule has 0 aliphatic heterocycles. The molecule has 0 saturated carbocycles. The SMILES string of the molecule is C1=CC(c2cccnc2)CCC1. The Labute approximate surface area is 73.1 Å². The maximum absolute atomic E-state index is 4.13. The van der Waals surface area contributed by atoms with Crippen molar-refractivity contribution >= 4 is 0 Å². The number of pyridine rings is 1. The van der Waals surface area contributed by atoms with Gasteiger partial charge in [-0.05, 0) is 30.9 Å². The molecule has 1 heteroatoms. The average molecular weight is 159 g/mol. The first kappa shape index (κ1) is 7.53. The first-order valence-electron chi connectivity index (χ1n) is 4.53. The van der Waals surface area contributed by atoms with Crippen LogP contribution in [-0.4, -0.2) is 4.98 Å². The highest BCUT2D eigenvalue weighted by atomic mass is 14.6. The van der Waals surface area contributed by atoms with Gasteiger partial charge in [0.2, 0.25) is 0 Å². The lowest BCUT2D eigenvalue weighted by Gasteiger charge is -2.15. The zero-order valence-corrected chi connectivity index (χ0v) is 7.11. The number of hydrogen-bond acceptors (Lipinski definition) is 1. The molecule has 0 saturated heterocycles. The van der Waals surface area contributed by atoms with Crippen LogP contribution in [0.1, 0.15) is 30.7 Å². The Morgan fingerprint density at radius 1 is 1.42 bits per heavy atom. The van der Waals surface area contributed by atoms with E-state index < -0.39 is 0 Å². The molecule has 1 aliphatic rings. The molecule has 1 nitrogen and oxygen atoms in total. The Balaban J connectivity index is 2.19. The molecule has 1 aliphatic carbocycles. The van der Waals surface area contributed by atoms with Gasteiger partial charge in [-0.3, -0.25) is 4.98 Å². The lowest BCUT2D eigenvalue weighted by molar-refractivity contribution is 0.652. The van der Waals surface area contributed by atoms with Crippen molar-refractivity contribution in [3.63, 3.8) is 0 Å². The van der Waals surface area contributed by atoms with Gasteiger partial charge in [0.15, 0.2) is 0 Å². The van der Waals surface area contributed by atoms with Crippen LogP contribution in [0, 0.1) is 0 Å². The van der Waals surface area contributed by atoms with E-state index in [2.05, 4.69) is 23.2 Å². The Bertz CT molecular complexity index is 264. The predicted octanol–water partition coefficient (Wildman–Crippen LogP) is 2.91. The van der Waals surface area contributed by atoms with E-state index in [4.69, 9.17) is 0 Å². The van der Waals surface area contributed by atoms with Crippen LogP contribution in [0.25, 0.3) is 0 Å². The third-order valence-corrected chi connectivity index (χ3v) is 2.37. The molecule has 0 bridgehead atoms. The van der Waals surface area contributed by atoms with Crippen LogP contribution in [0.3, 0.4) is 0 Å². The second kappa shape index (κ2) is 3.53. The highest BCUT2D eigenvalue weighted by Gasteiger charge is 2.09. The van der Waals surface area contributed by atoms with Crippen molar-refractivity contribution in [1.29, 1.82) is 0 Å². The van der Waals surface area contributed by atoms with E-state index >= 15 is 0 Å². The topological polar surface area (TPSA) is 12.9 Å². The molecule has 0 N–H and O–H groups in total. The Hall–Kier alpha value is -1.11. The molecule has 1 atom stereocenters. The van der Waals surface area contributed by atoms with Gasteiger partial charge in [0.05, 0.1) is 0 Å². The van der Waals surface area contributed by atoms with Crippen molar-refractivity contribution in [3.8, 4) is 0 Å². The van der Waals surface area contributed by atoms with Crippen molar-refractivity contribution in [2.75, 3.05) is 0 Å². The van der Waals surface area contributed by atoms with E-state index in [9.17, 15) is 0 Å². The molecular weight excluding hydrogens is 146 g/mol. The molecule has 0 amide bonds. The summed E-state index contributed by atoms with van der Waals surface area (Å²) in [5, 5.41) is 0. The lowest BCUT2D eigenvalue weighted by Crippen LogP contribution is -1.99. The van der Waals surface area contributed by atoms with E-state index in [1.165, 1.54) is 24.8 Å². The molecule has 62 valence electrons. The second-order valence-electron chi connectivity index (χ2n) is 3.25. The minimum Gasteiger partial charge on any atom is -0.264 e. The summed E-state index contributed by atoms with van der Waals surface area (Å²) in [5.41, 5.74) is 1.36. The van der Waals surface area contributed by atoms with Gasteiger partial charge < -0.3 is 0 Å². The van der Waals surface area contributed by atoms with E-state index in [0.717, 1.165) is 0 Å². The van der Waals surface area contributed by atoms with Crippen molar-refractivity contribution < 1.29 is 0 Å². The highest BCUT2D eigenvalue weighted by Crippen LogP contribution is 2.26. The van der Waals surface area contributed by atoms with Crippen molar-refractivity contribution in [1.82, 2.24) is 4.98 Å². The van der Waals surface area contributed by atoms with Crippen LogP contribution in [0.5, 0.6) is 0 Å². The minimum atomic E-state index is 0.618. The van der Waals surface area contributed by atoms with Crippen LogP contribution in [-0.2, 0) is 0 Å². The number of allylic oxidation sites excluding steroid dienone is 2. The number of aromatic nitrogens is 1. The quantitative estimate of drug-likeness (QED) is 0.574. The predicted molar refractivity (Wildman–Crippen MR) is 50.0 cm³/mol. The fourth-order valence-electron chi connectivity index (χ4n) is 1.69. The van der Waals surface area contributed by atoms with Crippen molar-refractivity contribution in [2.24, 2.45) is 0 Å². The summed E-state index contributed by atoms with van der Waals surface area (Å²) in [7, 11) is 0. The Morgan fingerprint density at radius 2 is 2.42 bits per heavy atom. The molecule has 0 fully saturated rings. The zero-order chi connectivity index (χ0) is 8.23. The van der Waals surface area contributed by atoms with E-state index in [-0.39, 0.29) is 0 Å². The maximum atomic E-state index is 4.13. The minimum absolute atomic E-state index is 0.618. The summed E-state index contributed by atoms with van der Waals surface area (Å²) in [6.07, 6.45) is 12.2. The fraction of sp³-hybridized carbons (Fsp3) is 0.364. The van der Waals surface area contributed by atoms with Crippen LogP contribution in [0.2, 0.25) is 0 Å². The normalized spacial score (nSPS) is 22.5. The van der Waals surface area contributed by atoms with Gasteiger partial charge in [-0.25, -0.2) is 0 Å². The Kier molecular flexibility index (Phi) is 2.21. The highest BCUT2D eigenvalue weighted by molar-refractivity contribution is 5.21. The van der Waals surface area contributed by atoms with Gasteiger partial charge in [-0.1, -0.05) is 18.2 Å². The average Bonchev–Trinajstić information content (AvgIpc) is 2.21. The summed E-state index contributed by atoms with van der Waals surface area (Å²) < 4.78 is 0. The molecule has 0 aromatic carbocycles. The smallest absolute Gasteiger partial charge is 0.0305 e. The van der Waals surface area contributed by atoms with Gasteiger partial charge in [0.1, 0.15) is 0 Å². The lowest BCUT2D eigenvalue weighted by atomic mass is 9.90. The molecule has 2 rings (SSSR count). The monoisotopic (exact) mass is 159 g/mol. The second-order valence-corrected chi connectivity index (χ2v) is 3.25. The van der Waals surface area contributed by atoms with Crippen molar-refractivity contribution in [2.45, 2.75) is 25.2 Å². The molecule has 1 aromatic heterocycles. The van der Waals surface area contributed by atoms with Gasteiger partial charge in [-0.15, -0.1) is 0 Å². The van der Waals surface area contributed by atoms with Crippen LogP contribution >= 0.6 is 0 Å². The fourth-order valence-corrected chi connectivity index (χ4v) is 1.69. The first-order chi connectivity index (χ1) is 5.97. The van der Waals surface area contributed by atoms with Crippen LogP contribution < -0.4 is 0 Å². The summed E-state index contributed by atoms with van der Waals surface area (Å²) in [5.74, 6) is 0.618. The van der Waals surface area contributed by atoms with E-state index in [1.807, 2.05) is 18.5 Å². The molecule has 1 heterocycles. The number of nitrogens with zero attached hydrogens (tertiary/aromatic N) is 1. The molecule has 0 spiro atoms. The maximum Gasteiger partial charge on any atom is 0.0305 e. The molecule has 1 unspecified atom stereocenters. The molecule has 12 heavy (non-hydrogen) atoms. The number of hydrogen-bond donors (Lipinski definition) is 0. The van der Waals surface area contributed by atoms with Gasteiger partial charge >= 0.3 is 0 Å². The van der Waals surface area contributed by atoms with Crippen LogP contribution in [0.4, 0.5) is 0 Å². The standard InChI is InChI=1S/C11H13N/c1-2-5-10(6-3-1)11-7-4-8-12-9-11/h2,4-5,7-10H,1,3,6H2. The van der Waals surface area contributed by atoms with Crippen molar-refractivity contribution in [3.05, 3.63) is 42.2 Å². The van der Waals surface area contributed by atoms with Gasteiger partial charge in [0.25, 0.3) is 0 Å². The third-order valence-electron chi connectivity index (χ3n) is 2.37. The molecule has 0 radical (unpaired) electrons.